The van der Waals surface area contributed by atoms with Crippen LogP contribution in [-0.4, -0.2) is 44.3 Å². The van der Waals surface area contributed by atoms with Gasteiger partial charge in [0.2, 0.25) is 11.8 Å². The smallest absolute Gasteiger partial charge is 0.354 e. The number of carbonyl (C=O) groups excluding carboxylic acids is 2. The quantitative estimate of drug-likeness (QED) is 0.158. The lowest BCUT2D eigenvalue weighted by molar-refractivity contribution is -0.140. The van der Waals surface area contributed by atoms with E-state index in [2.05, 4.69) is 5.32 Å². The highest BCUT2D eigenvalue weighted by Gasteiger charge is 2.37. The number of alkyl halides is 3. The monoisotopic (exact) mass is 699 g/mol. The van der Waals surface area contributed by atoms with Crippen LogP contribution in [-0.2, 0) is 38.8 Å². The molecule has 1 atom stereocenters. The largest absolute Gasteiger partial charge is 0.417 e. The van der Waals surface area contributed by atoms with Crippen molar-refractivity contribution in [3.63, 3.8) is 0 Å². The molecule has 0 bridgehead atoms. The van der Waals surface area contributed by atoms with Crippen molar-refractivity contribution < 1.29 is 31.2 Å². The summed E-state index contributed by atoms with van der Waals surface area (Å²) < 4.78 is 70.8. The number of sulfonamides is 1. The third kappa shape index (κ3) is 9.17. The highest BCUT2D eigenvalue weighted by molar-refractivity contribution is 7.92. The van der Waals surface area contributed by atoms with E-state index in [4.69, 9.17) is 11.6 Å². The first-order valence-corrected chi connectivity index (χ1v) is 17.1. The van der Waals surface area contributed by atoms with Crippen LogP contribution >= 0.6 is 11.6 Å². The van der Waals surface area contributed by atoms with Crippen LogP contribution < -0.4 is 9.62 Å². The van der Waals surface area contributed by atoms with Crippen molar-refractivity contribution in [1.82, 2.24) is 10.2 Å². The van der Waals surface area contributed by atoms with Crippen LogP contribution in [0.2, 0.25) is 5.02 Å². The van der Waals surface area contributed by atoms with E-state index < -0.39 is 56.9 Å². The number of halogens is 4. The topological polar surface area (TPSA) is 86.8 Å². The fraction of sp³-hybridized carbons (Fsp3) is 0.278. The Morgan fingerprint density at radius 2 is 1.52 bits per heavy atom. The zero-order valence-electron chi connectivity index (χ0n) is 26.8. The molecule has 254 valence electrons. The maximum atomic E-state index is 14.5. The Morgan fingerprint density at radius 1 is 0.854 bits per heavy atom. The summed E-state index contributed by atoms with van der Waals surface area (Å²) in [5.74, 6) is -1.23. The van der Waals surface area contributed by atoms with E-state index in [-0.39, 0.29) is 17.9 Å². The average Bonchev–Trinajstić information content (AvgIpc) is 3.04. The Bertz CT molecular complexity index is 1840. The van der Waals surface area contributed by atoms with E-state index in [1.54, 1.807) is 43.3 Å². The van der Waals surface area contributed by atoms with Gasteiger partial charge in [-0.05, 0) is 61.7 Å². The molecule has 4 aromatic rings. The fourth-order valence-electron chi connectivity index (χ4n) is 5.18. The van der Waals surface area contributed by atoms with Crippen LogP contribution in [0.3, 0.4) is 0 Å². The summed E-state index contributed by atoms with van der Waals surface area (Å²) in [5, 5.41) is 2.23. The van der Waals surface area contributed by atoms with Crippen molar-refractivity contribution in [1.29, 1.82) is 0 Å². The standard InChI is InChI=1S/C36H37ClF3N3O4S/c1-4-19-41-35(45)33(21-27-10-6-5-7-11-27)42(23-28-12-8-9-26(3)20-28)34(44)24-43(48(46,47)30-16-13-25(2)14-17-30)29-15-18-32(37)31(22-29)36(38,39)40/h5-18,20,22,33H,4,19,21,23-24H2,1-3H3,(H,41,45)/t33-/m1/s1. The molecule has 0 aliphatic carbocycles. The molecule has 7 nitrogen and oxygen atoms in total. The summed E-state index contributed by atoms with van der Waals surface area (Å²) in [5.41, 5.74) is 1.44. The third-order valence-electron chi connectivity index (χ3n) is 7.69. The van der Waals surface area contributed by atoms with Gasteiger partial charge in [0.25, 0.3) is 10.0 Å². The number of rotatable bonds is 13. The first-order chi connectivity index (χ1) is 22.7. The van der Waals surface area contributed by atoms with E-state index in [1.807, 2.05) is 44.2 Å². The molecule has 4 aromatic carbocycles. The molecule has 0 aromatic heterocycles. The summed E-state index contributed by atoms with van der Waals surface area (Å²) in [6.45, 7) is 4.90. The molecule has 0 heterocycles. The summed E-state index contributed by atoms with van der Waals surface area (Å²) in [6, 6.07) is 23.7. The van der Waals surface area contributed by atoms with Crippen molar-refractivity contribution in [3.8, 4) is 0 Å². The SMILES string of the molecule is CCCNC(=O)[C@@H](Cc1ccccc1)N(Cc1cccc(C)c1)C(=O)CN(c1ccc(Cl)c(C(F)(F)F)c1)S(=O)(=O)c1ccc(C)cc1. The van der Waals surface area contributed by atoms with Crippen LogP contribution in [0.4, 0.5) is 18.9 Å². The summed E-state index contributed by atoms with van der Waals surface area (Å²) in [7, 11) is -4.60. The van der Waals surface area contributed by atoms with E-state index >= 15 is 0 Å². The number of benzene rings is 4. The van der Waals surface area contributed by atoms with Crippen LogP contribution in [0.25, 0.3) is 0 Å². The lowest BCUT2D eigenvalue weighted by Crippen LogP contribution is -2.53. The molecule has 2 amide bonds. The number of carbonyl (C=O) groups is 2. The molecule has 0 spiro atoms. The van der Waals surface area contributed by atoms with Crippen molar-refractivity contribution >= 4 is 39.1 Å². The summed E-state index contributed by atoms with van der Waals surface area (Å²) in [4.78, 5) is 29.3. The van der Waals surface area contributed by atoms with Gasteiger partial charge in [-0.15, -0.1) is 0 Å². The Balaban J connectivity index is 1.86. The third-order valence-corrected chi connectivity index (χ3v) is 9.80. The predicted molar refractivity (Wildman–Crippen MR) is 181 cm³/mol. The van der Waals surface area contributed by atoms with Crippen molar-refractivity contribution in [3.05, 3.63) is 130 Å². The second kappa shape index (κ2) is 15.7. The molecule has 12 heteroatoms. The molecule has 0 aliphatic rings. The van der Waals surface area contributed by atoms with Crippen LogP contribution in [0.5, 0.6) is 0 Å². The minimum absolute atomic E-state index is 0.0651. The van der Waals surface area contributed by atoms with Crippen molar-refractivity contribution in [2.45, 2.75) is 57.3 Å². The molecule has 1 N–H and O–H groups in total. The van der Waals surface area contributed by atoms with Gasteiger partial charge in [0.15, 0.2) is 0 Å². The minimum atomic E-state index is -4.90. The number of nitrogens with one attached hydrogen (secondary N) is 1. The second-order valence-electron chi connectivity index (χ2n) is 11.5. The Hall–Kier alpha value is -4.35. The second-order valence-corrected chi connectivity index (χ2v) is 13.8. The zero-order valence-corrected chi connectivity index (χ0v) is 28.4. The Labute approximate surface area is 284 Å². The molecule has 4 rings (SSSR count). The Kier molecular flexibility index (Phi) is 11.9. The normalized spacial score (nSPS) is 12.3. The molecule has 0 unspecified atom stereocenters. The van der Waals surface area contributed by atoms with Gasteiger partial charge in [-0.2, -0.15) is 13.2 Å². The van der Waals surface area contributed by atoms with Gasteiger partial charge in [-0.1, -0.05) is 96.4 Å². The maximum Gasteiger partial charge on any atom is 0.417 e. The number of aryl methyl sites for hydroxylation is 2. The number of nitrogens with zero attached hydrogens (tertiary/aromatic N) is 2. The van der Waals surface area contributed by atoms with Gasteiger partial charge in [0.05, 0.1) is 21.2 Å². The molecular weight excluding hydrogens is 663 g/mol. The molecule has 0 saturated carbocycles. The predicted octanol–water partition coefficient (Wildman–Crippen LogP) is 7.34. The highest BCUT2D eigenvalue weighted by Crippen LogP contribution is 2.38. The first kappa shape index (κ1) is 36.5. The first-order valence-electron chi connectivity index (χ1n) is 15.3. The fourth-order valence-corrected chi connectivity index (χ4v) is 6.81. The van der Waals surface area contributed by atoms with Gasteiger partial charge in [-0.3, -0.25) is 13.9 Å². The van der Waals surface area contributed by atoms with Crippen LogP contribution in [0, 0.1) is 13.8 Å². The van der Waals surface area contributed by atoms with Crippen molar-refractivity contribution in [2.75, 3.05) is 17.4 Å². The Morgan fingerprint density at radius 3 is 2.15 bits per heavy atom. The number of anilines is 1. The number of hydrogen-bond acceptors (Lipinski definition) is 4. The lowest BCUT2D eigenvalue weighted by Gasteiger charge is -2.34. The highest BCUT2D eigenvalue weighted by atomic mass is 35.5. The number of amides is 2. The lowest BCUT2D eigenvalue weighted by atomic mass is 10.0. The van der Waals surface area contributed by atoms with E-state index in [0.29, 0.717) is 28.9 Å². The summed E-state index contributed by atoms with van der Waals surface area (Å²) in [6.07, 6.45) is -4.15. The van der Waals surface area contributed by atoms with Gasteiger partial charge < -0.3 is 10.2 Å². The van der Waals surface area contributed by atoms with E-state index in [1.165, 1.54) is 17.0 Å². The molecule has 0 saturated heterocycles. The van der Waals surface area contributed by atoms with Gasteiger partial charge in [-0.25, -0.2) is 8.42 Å². The van der Waals surface area contributed by atoms with Gasteiger partial charge in [0, 0.05) is 19.5 Å². The number of hydrogen-bond donors (Lipinski definition) is 1. The van der Waals surface area contributed by atoms with Gasteiger partial charge in [0.1, 0.15) is 12.6 Å². The minimum Gasteiger partial charge on any atom is -0.354 e. The zero-order chi connectivity index (χ0) is 35.1. The molecule has 0 fully saturated rings. The van der Waals surface area contributed by atoms with Crippen LogP contribution in [0.15, 0.2) is 102 Å². The average molecular weight is 700 g/mol. The maximum absolute atomic E-state index is 14.5. The van der Waals surface area contributed by atoms with Gasteiger partial charge >= 0.3 is 6.18 Å². The summed E-state index contributed by atoms with van der Waals surface area (Å²) >= 11 is 5.88. The molecule has 0 radical (unpaired) electrons. The van der Waals surface area contributed by atoms with E-state index in [9.17, 15) is 31.2 Å². The molecule has 0 aliphatic heterocycles. The van der Waals surface area contributed by atoms with Crippen LogP contribution in [0.1, 0.15) is 41.2 Å². The van der Waals surface area contributed by atoms with E-state index in [0.717, 1.165) is 28.8 Å². The molecular formula is C36H37ClF3N3O4S. The van der Waals surface area contributed by atoms with Crippen molar-refractivity contribution in [2.24, 2.45) is 0 Å². The molecule has 48 heavy (non-hydrogen) atoms.